The van der Waals surface area contributed by atoms with Crippen LogP contribution in [-0.2, 0) is 4.79 Å². The Hall–Kier alpha value is -1.68. The SMILES string of the molecule is CN1CCC(NC(=O)/C=C/c2ccc(F)cc2)CC1. The van der Waals surface area contributed by atoms with E-state index in [1.54, 1.807) is 18.2 Å². The molecule has 1 aromatic rings. The molecule has 1 aliphatic heterocycles. The van der Waals surface area contributed by atoms with E-state index in [1.165, 1.54) is 18.2 Å². The molecule has 1 aromatic carbocycles. The molecular weight excluding hydrogens is 243 g/mol. The minimum absolute atomic E-state index is 0.0844. The molecule has 1 N–H and O–H groups in total. The Morgan fingerprint density at radius 3 is 2.58 bits per heavy atom. The molecule has 1 saturated heterocycles. The fourth-order valence-electron chi connectivity index (χ4n) is 2.15. The molecule has 4 heteroatoms. The number of hydrogen-bond acceptors (Lipinski definition) is 2. The summed E-state index contributed by atoms with van der Waals surface area (Å²) < 4.78 is 12.7. The van der Waals surface area contributed by atoms with Gasteiger partial charge in [-0.2, -0.15) is 0 Å². The highest BCUT2D eigenvalue weighted by molar-refractivity contribution is 5.91. The molecule has 2 rings (SSSR count). The maximum atomic E-state index is 12.7. The Kier molecular flexibility index (Phi) is 4.68. The van der Waals surface area contributed by atoms with Gasteiger partial charge < -0.3 is 10.2 Å². The second-order valence-electron chi connectivity index (χ2n) is 4.97. The third-order valence-corrected chi connectivity index (χ3v) is 3.36. The lowest BCUT2D eigenvalue weighted by molar-refractivity contribution is -0.117. The van der Waals surface area contributed by atoms with Crippen LogP contribution in [0.3, 0.4) is 0 Å². The first-order chi connectivity index (χ1) is 9.13. The number of carbonyl (C=O) groups excluding carboxylic acids is 1. The van der Waals surface area contributed by atoms with Gasteiger partial charge in [-0.1, -0.05) is 12.1 Å². The first-order valence-electron chi connectivity index (χ1n) is 6.56. The van der Waals surface area contributed by atoms with Gasteiger partial charge in [-0.25, -0.2) is 4.39 Å². The smallest absolute Gasteiger partial charge is 0.244 e. The zero-order chi connectivity index (χ0) is 13.7. The van der Waals surface area contributed by atoms with Gasteiger partial charge >= 0.3 is 0 Å². The van der Waals surface area contributed by atoms with Gasteiger partial charge in [0.2, 0.25) is 5.91 Å². The number of nitrogens with zero attached hydrogens (tertiary/aromatic N) is 1. The molecule has 19 heavy (non-hydrogen) atoms. The minimum atomic E-state index is -0.270. The van der Waals surface area contributed by atoms with Gasteiger partial charge in [-0.15, -0.1) is 0 Å². The monoisotopic (exact) mass is 262 g/mol. The Morgan fingerprint density at radius 1 is 1.32 bits per heavy atom. The molecule has 1 amide bonds. The van der Waals surface area contributed by atoms with Crippen molar-refractivity contribution in [3.05, 3.63) is 41.7 Å². The molecule has 102 valence electrons. The van der Waals surface area contributed by atoms with Crippen molar-refractivity contribution in [3.8, 4) is 0 Å². The summed E-state index contributed by atoms with van der Waals surface area (Å²) in [5, 5.41) is 2.99. The van der Waals surface area contributed by atoms with Gasteiger partial charge in [-0.05, 0) is 56.8 Å². The van der Waals surface area contributed by atoms with E-state index in [-0.39, 0.29) is 17.8 Å². The Morgan fingerprint density at radius 2 is 1.95 bits per heavy atom. The quantitative estimate of drug-likeness (QED) is 0.846. The lowest BCUT2D eigenvalue weighted by Crippen LogP contribution is -2.42. The van der Waals surface area contributed by atoms with Crippen LogP contribution < -0.4 is 5.32 Å². The number of nitrogens with one attached hydrogen (secondary N) is 1. The van der Waals surface area contributed by atoms with Crippen molar-refractivity contribution in [1.82, 2.24) is 10.2 Å². The van der Waals surface area contributed by atoms with Crippen molar-refractivity contribution in [1.29, 1.82) is 0 Å². The standard InChI is InChI=1S/C15H19FN2O/c1-18-10-8-14(9-11-18)17-15(19)7-4-12-2-5-13(16)6-3-12/h2-7,14H,8-11H2,1H3,(H,17,19)/b7-4+. The van der Waals surface area contributed by atoms with Crippen LogP contribution in [-0.4, -0.2) is 37.0 Å². The molecule has 1 heterocycles. The molecule has 0 unspecified atom stereocenters. The van der Waals surface area contributed by atoms with Crippen molar-refractivity contribution < 1.29 is 9.18 Å². The van der Waals surface area contributed by atoms with Crippen LogP contribution in [0, 0.1) is 5.82 Å². The lowest BCUT2D eigenvalue weighted by Gasteiger charge is -2.29. The van der Waals surface area contributed by atoms with Gasteiger partial charge in [0.15, 0.2) is 0 Å². The van der Waals surface area contributed by atoms with Crippen molar-refractivity contribution in [2.45, 2.75) is 18.9 Å². The van der Waals surface area contributed by atoms with Crippen LogP contribution in [0.2, 0.25) is 0 Å². The molecule has 0 spiro atoms. The average Bonchev–Trinajstić information content (AvgIpc) is 2.41. The minimum Gasteiger partial charge on any atom is -0.350 e. The summed E-state index contributed by atoms with van der Waals surface area (Å²) in [7, 11) is 2.09. The van der Waals surface area contributed by atoms with E-state index in [1.807, 2.05) is 0 Å². The Balaban J connectivity index is 1.82. The first-order valence-corrected chi connectivity index (χ1v) is 6.56. The highest BCUT2D eigenvalue weighted by Crippen LogP contribution is 2.08. The number of piperidine rings is 1. The van der Waals surface area contributed by atoms with Crippen LogP contribution in [0.15, 0.2) is 30.3 Å². The number of rotatable bonds is 3. The number of benzene rings is 1. The van der Waals surface area contributed by atoms with Crippen molar-refractivity contribution in [2.24, 2.45) is 0 Å². The lowest BCUT2D eigenvalue weighted by atomic mass is 10.1. The number of amides is 1. The summed E-state index contributed by atoms with van der Waals surface area (Å²) in [6.07, 6.45) is 5.19. The van der Waals surface area contributed by atoms with Crippen molar-refractivity contribution in [2.75, 3.05) is 20.1 Å². The number of halogens is 1. The van der Waals surface area contributed by atoms with Gasteiger partial charge in [0.25, 0.3) is 0 Å². The van der Waals surface area contributed by atoms with Crippen LogP contribution >= 0.6 is 0 Å². The molecular formula is C15H19FN2O. The summed E-state index contributed by atoms with van der Waals surface area (Å²) in [5.74, 6) is -0.355. The summed E-state index contributed by atoms with van der Waals surface area (Å²) in [4.78, 5) is 14.0. The van der Waals surface area contributed by atoms with E-state index >= 15 is 0 Å². The number of hydrogen-bond donors (Lipinski definition) is 1. The predicted octanol–water partition coefficient (Wildman–Crippen LogP) is 2.05. The topological polar surface area (TPSA) is 32.3 Å². The largest absolute Gasteiger partial charge is 0.350 e. The third-order valence-electron chi connectivity index (χ3n) is 3.36. The van der Waals surface area contributed by atoms with E-state index in [9.17, 15) is 9.18 Å². The van der Waals surface area contributed by atoms with E-state index in [2.05, 4.69) is 17.3 Å². The summed E-state index contributed by atoms with van der Waals surface area (Å²) >= 11 is 0. The number of carbonyl (C=O) groups is 1. The van der Waals surface area contributed by atoms with Crippen LogP contribution in [0.25, 0.3) is 6.08 Å². The van der Waals surface area contributed by atoms with Gasteiger partial charge in [0.05, 0.1) is 0 Å². The molecule has 1 aliphatic rings. The van der Waals surface area contributed by atoms with Gasteiger partial charge in [0.1, 0.15) is 5.82 Å². The summed E-state index contributed by atoms with van der Waals surface area (Å²) in [6, 6.07) is 6.33. The normalized spacial score (nSPS) is 17.8. The molecule has 0 atom stereocenters. The Bertz CT molecular complexity index is 448. The zero-order valence-corrected chi connectivity index (χ0v) is 11.1. The third kappa shape index (κ3) is 4.48. The van der Waals surface area contributed by atoms with Crippen molar-refractivity contribution in [3.63, 3.8) is 0 Å². The molecule has 0 aromatic heterocycles. The van der Waals surface area contributed by atoms with Crippen LogP contribution in [0.5, 0.6) is 0 Å². The molecule has 0 saturated carbocycles. The maximum Gasteiger partial charge on any atom is 0.244 e. The molecule has 3 nitrogen and oxygen atoms in total. The summed E-state index contributed by atoms with van der Waals surface area (Å²) in [6.45, 7) is 2.04. The fraction of sp³-hybridized carbons (Fsp3) is 0.400. The first kappa shape index (κ1) is 13.7. The maximum absolute atomic E-state index is 12.7. The molecule has 0 aliphatic carbocycles. The zero-order valence-electron chi connectivity index (χ0n) is 11.1. The van der Waals surface area contributed by atoms with Crippen LogP contribution in [0.1, 0.15) is 18.4 Å². The highest BCUT2D eigenvalue weighted by Gasteiger charge is 2.17. The van der Waals surface area contributed by atoms with Crippen molar-refractivity contribution >= 4 is 12.0 Å². The number of likely N-dealkylation sites (tertiary alicyclic amines) is 1. The molecule has 0 radical (unpaired) electrons. The second kappa shape index (κ2) is 6.48. The summed E-state index contributed by atoms with van der Waals surface area (Å²) in [5.41, 5.74) is 0.819. The van der Waals surface area contributed by atoms with E-state index in [0.29, 0.717) is 0 Å². The Labute approximate surface area is 113 Å². The van der Waals surface area contributed by atoms with E-state index < -0.39 is 0 Å². The van der Waals surface area contributed by atoms with Gasteiger partial charge in [-0.3, -0.25) is 4.79 Å². The van der Waals surface area contributed by atoms with E-state index in [4.69, 9.17) is 0 Å². The second-order valence-corrected chi connectivity index (χ2v) is 4.97. The van der Waals surface area contributed by atoms with Gasteiger partial charge in [0, 0.05) is 12.1 Å². The van der Waals surface area contributed by atoms with Crippen LogP contribution in [0.4, 0.5) is 4.39 Å². The highest BCUT2D eigenvalue weighted by atomic mass is 19.1. The predicted molar refractivity (Wildman–Crippen MR) is 74.1 cm³/mol. The van der Waals surface area contributed by atoms with E-state index in [0.717, 1.165) is 31.5 Å². The molecule has 0 bridgehead atoms. The molecule has 1 fully saturated rings. The fourth-order valence-corrected chi connectivity index (χ4v) is 2.15. The average molecular weight is 262 g/mol.